The lowest BCUT2D eigenvalue weighted by atomic mass is 10.0. The van der Waals surface area contributed by atoms with Crippen LogP contribution in [0.4, 0.5) is 0 Å². The fourth-order valence-corrected chi connectivity index (χ4v) is 1.50. The minimum Gasteiger partial charge on any atom is -0.303 e. The second-order valence-electron chi connectivity index (χ2n) is 3.49. The van der Waals surface area contributed by atoms with Crippen molar-refractivity contribution in [3.63, 3.8) is 0 Å². The third kappa shape index (κ3) is 3.02. The van der Waals surface area contributed by atoms with Gasteiger partial charge in [-0.2, -0.15) is 0 Å². The number of aryl methyl sites for hydroxylation is 3. The van der Waals surface area contributed by atoms with Crippen molar-refractivity contribution in [2.45, 2.75) is 33.1 Å². The minimum absolute atomic E-state index is 0.674. The van der Waals surface area contributed by atoms with Gasteiger partial charge in [0.25, 0.3) is 0 Å². The Hall–Kier alpha value is -1.11. The lowest BCUT2D eigenvalue weighted by Crippen LogP contribution is -1.90. The molecule has 70 valence electrons. The summed E-state index contributed by atoms with van der Waals surface area (Å²) in [5.74, 6) is 0. The van der Waals surface area contributed by atoms with Crippen LogP contribution in [0.5, 0.6) is 0 Å². The lowest BCUT2D eigenvalue weighted by Gasteiger charge is -2.05. The van der Waals surface area contributed by atoms with Crippen molar-refractivity contribution in [3.8, 4) is 0 Å². The normalized spacial score (nSPS) is 10.0. The Morgan fingerprint density at radius 2 is 2.08 bits per heavy atom. The van der Waals surface area contributed by atoms with Crippen LogP contribution in [0.2, 0.25) is 0 Å². The van der Waals surface area contributed by atoms with E-state index in [2.05, 4.69) is 32.0 Å². The molecule has 0 aliphatic rings. The number of aldehydes is 1. The standard InChI is InChI=1S/C12H16O/c1-10-6-7-12(11(2)9-10)5-3-4-8-13/h6-9H,3-5H2,1-2H3. The highest BCUT2D eigenvalue weighted by Gasteiger charge is 1.97. The van der Waals surface area contributed by atoms with Crippen LogP contribution < -0.4 is 0 Å². The zero-order valence-corrected chi connectivity index (χ0v) is 8.34. The zero-order chi connectivity index (χ0) is 9.68. The molecule has 0 fully saturated rings. The van der Waals surface area contributed by atoms with Crippen molar-refractivity contribution in [2.75, 3.05) is 0 Å². The molecule has 0 aromatic heterocycles. The van der Waals surface area contributed by atoms with Crippen molar-refractivity contribution >= 4 is 6.29 Å². The first-order valence-corrected chi connectivity index (χ1v) is 4.74. The molecule has 0 saturated carbocycles. The Morgan fingerprint density at radius 3 is 2.69 bits per heavy atom. The fraction of sp³-hybridized carbons (Fsp3) is 0.417. The molecule has 0 radical (unpaired) electrons. The predicted molar refractivity (Wildman–Crippen MR) is 54.9 cm³/mol. The van der Waals surface area contributed by atoms with Gasteiger partial charge in [-0.3, -0.25) is 0 Å². The van der Waals surface area contributed by atoms with Crippen LogP contribution in [0.3, 0.4) is 0 Å². The molecule has 0 saturated heterocycles. The van der Waals surface area contributed by atoms with Crippen molar-refractivity contribution < 1.29 is 4.79 Å². The van der Waals surface area contributed by atoms with Crippen LogP contribution in [-0.2, 0) is 11.2 Å². The van der Waals surface area contributed by atoms with Crippen LogP contribution in [0, 0.1) is 13.8 Å². The molecule has 0 heterocycles. The number of hydrogen-bond acceptors (Lipinski definition) is 1. The van der Waals surface area contributed by atoms with Gasteiger partial charge >= 0.3 is 0 Å². The van der Waals surface area contributed by atoms with E-state index in [0.29, 0.717) is 6.42 Å². The van der Waals surface area contributed by atoms with Gasteiger partial charge in [0, 0.05) is 6.42 Å². The number of carbonyl (C=O) groups excluding carboxylic acids is 1. The van der Waals surface area contributed by atoms with Crippen LogP contribution in [0.1, 0.15) is 29.5 Å². The van der Waals surface area contributed by atoms with E-state index in [1.807, 2.05) is 0 Å². The van der Waals surface area contributed by atoms with Gasteiger partial charge < -0.3 is 4.79 Å². The van der Waals surface area contributed by atoms with E-state index in [9.17, 15) is 4.79 Å². The van der Waals surface area contributed by atoms with Gasteiger partial charge in [-0.15, -0.1) is 0 Å². The third-order valence-electron chi connectivity index (χ3n) is 2.27. The molecule has 0 bridgehead atoms. The molecule has 0 aliphatic heterocycles. The van der Waals surface area contributed by atoms with Crippen molar-refractivity contribution in [1.82, 2.24) is 0 Å². The first-order valence-electron chi connectivity index (χ1n) is 4.74. The number of unbranched alkanes of at least 4 members (excludes halogenated alkanes) is 1. The van der Waals surface area contributed by atoms with E-state index in [4.69, 9.17) is 0 Å². The van der Waals surface area contributed by atoms with E-state index in [-0.39, 0.29) is 0 Å². The van der Waals surface area contributed by atoms with Gasteiger partial charge in [0.1, 0.15) is 6.29 Å². The quantitative estimate of drug-likeness (QED) is 0.509. The molecule has 0 spiro atoms. The van der Waals surface area contributed by atoms with Crippen molar-refractivity contribution in [2.24, 2.45) is 0 Å². The number of rotatable bonds is 4. The molecule has 0 unspecified atom stereocenters. The number of carbonyl (C=O) groups is 1. The number of hydrogen-bond donors (Lipinski definition) is 0. The van der Waals surface area contributed by atoms with Crippen molar-refractivity contribution in [1.29, 1.82) is 0 Å². The monoisotopic (exact) mass is 176 g/mol. The molecule has 1 aromatic rings. The minimum atomic E-state index is 0.674. The Bertz CT molecular complexity index is 289. The summed E-state index contributed by atoms with van der Waals surface area (Å²) in [6, 6.07) is 6.48. The maximum Gasteiger partial charge on any atom is 0.120 e. The van der Waals surface area contributed by atoms with Gasteiger partial charge in [-0.25, -0.2) is 0 Å². The van der Waals surface area contributed by atoms with E-state index in [1.165, 1.54) is 16.7 Å². The zero-order valence-electron chi connectivity index (χ0n) is 8.34. The number of benzene rings is 1. The second kappa shape index (κ2) is 4.80. The van der Waals surface area contributed by atoms with Gasteiger partial charge in [0.05, 0.1) is 0 Å². The highest BCUT2D eigenvalue weighted by molar-refractivity contribution is 5.49. The topological polar surface area (TPSA) is 17.1 Å². The van der Waals surface area contributed by atoms with Crippen LogP contribution in [-0.4, -0.2) is 6.29 Å². The summed E-state index contributed by atoms with van der Waals surface area (Å²) >= 11 is 0. The third-order valence-corrected chi connectivity index (χ3v) is 2.27. The van der Waals surface area contributed by atoms with Crippen molar-refractivity contribution in [3.05, 3.63) is 34.9 Å². The van der Waals surface area contributed by atoms with Gasteiger partial charge in [0.15, 0.2) is 0 Å². The maximum atomic E-state index is 10.1. The van der Waals surface area contributed by atoms with Crippen LogP contribution >= 0.6 is 0 Å². The SMILES string of the molecule is Cc1ccc(CCCC=O)c(C)c1. The largest absolute Gasteiger partial charge is 0.303 e. The fourth-order valence-electron chi connectivity index (χ4n) is 1.50. The molecular weight excluding hydrogens is 160 g/mol. The maximum absolute atomic E-state index is 10.1. The lowest BCUT2D eigenvalue weighted by molar-refractivity contribution is -0.107. The summed E-state index contributed by atoms with van der Waals surface area (Å²) in [6.45, 7) is 4.23. The molecule has 0 N–H and O–H groups in total. The summed E-state index contributed by atoms with van der Waals surface area (Å²) in [7, 11) is 0. The Labute approximate surface area is 79.8 Å². The Morgan fingerprint density at radius 1 is 1.31 bits per heavy atom. The molecule has 0 amide bonds. The smallest absolute Gasteiger partial charge is 0.120 e. The molecular formula is C12H16O. The highest BCUT2D eigenvalue weighted by atomic mass is 16.1. The summed E-state index contributed by atoms with van der Waals surface area (Å²) < 4.78 is 0. The Balaban J connectivity index is 2.61. The predicted octanol–water partition coefficient (Wildman–Crippen LogP) is 2.83. The summed E-state index contributed by atoms with van der Waals surface area (Å²) in [5, 5.41) is 0. The molecule has 0 aliphatic carbocycles. The van der Waals surface area contributed by atoms with Gasteiger partial charge in [-0.05, 0) is 37.8 Å². The first-order chi connectivity index (χ1) is 6.24. The van der Waals surface area contributed by atoms with E-state index >= 15 is 0 Å². The second-order valence-corrected chi connectivity index (χ2v) is 3.49. The summed E-state index contributed by atoms with van der Waals surface area (Å²) in [4.78, 5) is 10.1. The van der Waals surface area contributed by atoms with E-state index in [1.54, 1.807) is 0 Å². The molecule has 1 nitrogen and oxygen atoms in total. The average molecular weight is 176 g/mol. The van der Waals surface area contributed by atoms with E-state index < -0.39 is 0 Å². The average Bonchev–Trinajstić information content (AvgIpc) is 2.09. The van der Waals surface area contributed by atoms with Gasteiger partial charge in [0.2, 0.25) is 0 Å². The molecule has 0 atom stereocenters. The molecule has 1 rings (SSSR count). The summed E-state index contributed by atoms with van der Waals surface area (Å²) in [6.07, 6.45) is 3.65. The van der Waals surface area contributed by atoms with E-state index in [0.717, 1.165) is 19.1 Å². The van der Waals surface area contributed by atoms with Crippen LogP contribution in [0.15, 0.2) is 18.2 Å². The molecule has 1 heteroatoms. The first kappa shape index (κ1) is 9.97. The van der Waals surface area contributed by atoms with Gasteiger partial charge in [-0.1, -0.05) is 23.8 Å². The molecule has 1 aromatic carbocycles. The molecule has 13 heavy (non-hydrogen) atoms. The van der Waals surface area contributed by atoms with Crippen LogP contribution in [0.25, 0.3) is 0 Å². The Kier molecular flexibility index (Phi) is 3.69. The summed E-state index contributed by atoms with van der Waals surface area (Å²) in [5.41, 5.74) is 4.01. The highest BCUT2D eigenvalue weighted by Crippen LogP contribution is 2.12.